The first-order chi connectivity index (χ1) is 10.5. The fraction of sp³-hybridized carbons (Fsp3) is 0.385. The lowest BCUT2D eigenvalue weighted by atomic mass is 10.1. The minimum atomic E-state index is -4.58. The van der Waals surface area contributed by atoms with Gasteiger partial charge in [-0.15, -0.1) is 0 Å². The lowest BCUT2D eigenvalue weighted by molar-refractivity contribution is -0.140. The van der Waals surface area contributed by atoms with Crippen LogP contribution < -0.4 is 10.2 Å². The highest BCUT2D eigenvalue weighted by Gasteiger charge is 2.37. The number of H-pyrrole nitrogens is 1. The summed E-state index contributed by atoms with van der Waals surface area (Å²) in [4.78, 5) is 5.69. The summed E-state index contributed by atoms with van der Waals surface area (Å²) in [5.41, 5.74) is -0.748. The number of hydrogen-bond donors (Lipinski definition) is 2. The molecule has 0 atom stereocenters. The van der Waals surface area contributed by atoms with Crippen molar-refractivity contribution < 1.29 is 17.6 Å². The van der Waals surface area contributed by atoms with E-state index in [4.69, 9.17) is 0 Å². The van der Waals surface area contributed by atoms with Crippen LogP contribution in [0.3, 0.4) is 0 Å². The number of nitrogens with one attached hydrogen (secondary N) is 2. The molecule has 0 radical (unpaired) electrons. The van der Waals surface area contributed by atoms with E-state index < -0.39 is 17.7 Å². The maximum absolute atomic E-state index is 13.5. The Morgan fingerprint density at radius 3 is 2.55 bits per heavy atom. The van der Waals surface area contributed by atoms with Crippen LogP contribution in [0.25, 0.3) is 11.3 Å². The molecule has 1 fully saturated rings. The van der Waals surface area contributed by atoms with Gasteiger partial charge >= 0.3 is 6.18 Å². The maximum atomic E-state index is 13.5. The standard InChI is InChI=1S/C13H13F4N5/c14-8-5-10(22-3-1-18-2-4-22)11(19-6-8)9-7-20-21-12(9)13(15,16)17/h5-7,18H,1-4H2,(H,20,21). The summed E-state index contributed by atoms with van der Waals surface area (Å²) < 4.78 is 52.6. The van der Waals surface area contributed by atoms with Crippen LogP contribution in [0.5, 0.6) is 0 Å². The zero-order valence-corrected chi connectivity index (χ0v) is 11.4. The van der Waals surface area contributed by atoms with Crippen molar-refractivity contribution in [1.82, 2.24) is 20.5 Å². The minimum absolute atomic E-state index is 0.0735. The molecule has 0 bridgehead atoms. The Hall–Kier alpha value is -2.16. The molecule has 3 heterocycles. The van der Waals surface area contributed by atoms with E-state index in [9.17, 15) is 17.6 Å². The van der Waals surface area contributed by atoms with E-state index in [0.29, 0.717) is 31.9 Å². The highest BCUT2D eigenvalue weighted by Crippen LogP contribution is 2.38. The van der Waals surface area contributed by atoms with Crippen LogP contribution in [-0.4, -0.2) is 41.4 Å². The summed E-state index contributed by atoms with van der Waals surface area (Å²) in [5.74, 6) is -0.589. The molecule has 0 saturated carbocycles. The first-order valence-corrected chi connectivity index (χ1v) is 6.69. The summed E-state index contributed by atoms with van der Waals surface area (Å²) in [6.07, 6.45) is -2.61. The van der Waals surface area contributed by atoms with Gasteiger partial charge in [0.05, 0.1) is 29.3 Å². The highest BCUT2D eigenvalue weighted by atomic mass is 19.4. The summed E-state index contributed by atoms with van der Waals surface area (Å²) in [6.45, 7) is 2.48. The van der Waals surface area contributed by atoms with Crippen molar-refractivity contribution in [3.8, 4) is 11.3 Å². The number of piperazine rings is 1. The van der Waals surface area contributed by atoms with Gasteiger partial charge in [0.25, 0.3) is 0 Å². The van der Waals surface area contributed by atoms with Crippen molar-refractivity contribution in [3.63, 3.8) is 0 Å². The van der Waals surface area contributed by atoms with Crippen LogP contribution in [0.2, 0.25) is 0 Å². The van der Waals surface area contributed by atoms with Gasteiger partial charge in [0.15, 0.2) is 0 Å². The number of rotatable bonds is 2. The fourth-order valence-corrected chi connectivity index (χ4v) is 2.46. The Morgan fingerprint density at radius 1 is 1.14 bits per heavy atom. The van der Waals surface area contributed by atoms with Crippen LogP contribution in [0.1, 0.15) is 5.69 Å². The average molecular weight is 315 g/mol. The van der Waals surface area contributed by atoms with Crippen molar-refractivity contribution in [2.75, 3.05) is 31.1 Å². The Balaban J connectivity index is 2.09. The quantitative estimate of drug-likeness (QED) is 0.833. The van der Waals surface area contributed by atoms with Gasteiger partial charge in [-0.1, -0.05) is 0 Å². The lowest BCUT2D eigenvalue weighted by Gasteiger charge is -2.30. The van der Waals surface area contributed by atoms with Gasteiger partial charge in [-0.3, -0.25) is 10.1 Å². The molecule has 3 rings (SSSR count). The smallest absolute Gasteiger partial charge is 0.367 e. The monoisotopic (exact) mass is 315 g/mol. The molecular formula is C13H13F4N5. The predicted octanol–water partition coefficient (Wildman–Crippen LogP) is 2.04. The number of aromatic amines is 1. The summed E-state index contributed by atoms with van der Waals surface area (Å²) in [7, 11) is 0. The Morgan fingerprint density at radius 2 is 1.86 bits per heavy atom. The molecular weight excluding hydrogens is 302 g/mol. The number of nitrogens with zero attached hydrogens (tertiary/aromatic N) is 3. The molecule has 0 amide bonds. The SMILES string of the molecule is Fc1cnc(-c2cn[nH]c2C(F)(F)F)c(N2CCNCC2)c1. The number of anilines is 1. The summed E-state index contributed by atoms with van der Waals surface area (Å²) in [5, 5.41) is 8.55. The van der Waals surface area contributed by atoms with E-state index in [1.807, 2.05) is 10.00 Å². The molecule has 0 aromatic carbocycles. The minimum Gasteiger partial charge on any atom is -0.367 e. The molecule has 2 N–H and O–H groups in total. The van der Waals surface area contributed by atoms with E-state index in [2.05, 4.69) is 15.4 Å². The number of hydrogen-bond acceptors (Lipinski definition) is 4. The first kappa shape index (κ1) is 14.8. The van der Waals surface area contributed by atoms with E-state index in [0.717, 1.165) is 12.4 Å². The topological polar surface area (TPSA) is 56.8 Å². The van der Waals surface area contributed by atoms with Crippen LogP contribution >= 0.6 is 0 Å². The number of pyridine rings is 1. The van der Waals surface area contributed by atoms with Crippen molar-refractivity contribution in [1.29, 1.82) is 0 Å². The van der Waals surface area contributed by atoms with Crippen LogP contribution in [0.4, 0.5) is 23.2 Å². The molecule has 1 aliphatic rings. The Bertz CT molecular complexity index is 661. The van der Waals surface area contributed by atoms with Gasteiger partial charge in [-0.25, -0.2) is 4.39 Å². The van der Waals surface area contributed by atoms with E-state index in [-0.39, 0.29) is 11.3 Å². The van der Waals surface area contributed by atoms with Crippen LogP contribution in [-0.2, 0) is 6.18 Å². The van der Waals surface area contributed by atoms with Gasteiger partial charge in [-0.05, 0) is 0 Å². The van der Waals surface area contributed by atoms with Crippen molar-refractivity contribution in [2.24, 2.45) is 0 Å². The van der Waals surface area contributed by atoms with Gasteiger partial charge in [0, 0.05) is 32.2 Å². The average Bonchev–Trinajstić information content (AvgIpc) is 2.97. The first-order valence-electron chi connectivity index (χ1n) is 6.69. The summed E-state index contributed by atoms with van der Waals surface area (Å²) >= 11 is 0. The Labute approximate surface area is 123 Å². The lowest BCUT2D eigenvalue weighted by Crippen LogP contribution is -2.43. The van der Waals surface area contributed by atoms with Crippen molar-refractivity contribution >= 4 is 5.69 Å². The zero-order chi connectivity index (χ0) is 15.7. The molecule has 0 aliphatic carbocycles. The van der Waals surface area contributed by atoms with Gasteiger partial charge in [-0.2, -0.15) is 18.3 Å². The van der Waals surface area contributed by atoms with E-state index >= 15 is 0 Å². The van der Waals surface area contributed by atoms with Crippen molar-refractivity contribution in [2.45, 2.75) is 6.18 Å². The van der Waals surface area contributed by atoms with Gasteiger partial charge in [0.1, 0.15) is 11.5 Å². The second-order valence-corrected chi connectivity index (χ2v) is 4.91. The number of halogens is 4. The molecule has 0 unspecified atom stereocenters. The second-order valence-electron chi connectivity index (χ2n) is 4.91. The van der Waals surface area contributed by atoms with Gasteiger partial charge in [0.2, 0.25) is 0 Å². The second kappa shape index (κ2) is 5.56. The third-order valence-corrected chi connectivity index (χ3v) is 3.47. The molecule has 2 aromatic heterocycles. The third kappa shape index (κ3) is 2.76. The normalized spacial score (nSPS) is 16.1. The maximum Gasteiger partial charge on any atom is 0.433 e. The Kier molecular flexibility index (Phi) is 3.73. The molecule has 1 aliphatic heterocycles. The molecule has 5 nitrogen and oxygen atoms in total. The third-order valence-electron chi connectivity index (χ3n) is 3.47. The molecule has 22 heavy (non-hydrogen) atoms. The fourth-order valence-electron chi connectivity index (χ4n) is 2.46. The van der Waals surface area contributed by atoms with Crippen molar-refractivity contribution in [3.05, 3.63) is 30.0 Å². The molecule has 0 spiro atoms. The predicted molar refractivity (Wildman–Crippen MR) is 71.9 cm³/mol. The zero-order valence-electron chi connectivity index (χ0n) is 11.4. The largest absolute Gasteiger partial charge is 0.433 e. The van der Waals surface area contributed by atoms with E-state index in [1.165, 1.54) is 6.07 Å². The number of aromatic nitrogens is 3. The molecule has 118 valence electrons. The van der Waals surface area contributed by atoms with Crippen LogP contribution in [0.15, 0.2) is 18.5 Å². The number of alkyl halides is 3. The van der Waals surface area contributed by atoms with Crippen LogP contribution in [0, 0.1) is 5.82 Å². The van der Waals surface area contributed by atoms with E-state index in [1.54, 1.807) is 0 Å². The molecule has 1 saturated heterocycles. The highest BCUT2D eigenvalue weighted by molar-refractivity contribution is 5.76. The molecule has 9 heteroatoms. The van der Waals surface area contributed by atoms with Gasteiger partial charge < -0.3 is 10.2 Å². The summed E-state index contributed by atoms with van der Waals surface area (Å²) in [6, 6.07) is 1.21. The molecule has 2 aromatic rings.